The van der Waals surface area contributed by atoms with Crippen LogP contribution in [0.1, 0.15) is 39.5 Å². The fourth-order valence-corrected chi connectivity index (χ4v) is 4.71. The van der Waals surface area contributed by atoms with E-state index in [0.717, 1.165) is 34.7 Å². The molecule has 0 bridgehead atoms. The molecule has 2 aliphatic rings. The number of hydrogen-bond donors (Lipinski definition) is 2. The Morgan fingerprint density at radius 1 is 1.30 bits per heavy atom. The Balaban J connectivity index is 1.43. The Hall–Kier alpha value is -2.94. The van der Waals surface area contributed by atoms with Crippen molar-refractivity contribution in [3.05, 3.63) is 29.6 Å². The maximum Gasteiger partial charge on any atom is 0.325 e. The van der Waals surface area contributed by atoms with Crippen LogP contribution in [-0.2, 0) is 9.59 Å². The van der Waals surface area contributed by atoms with Gasteiger partial charge in [-0.05, 0) is 51.0 Å². The van der Waals surface area contributed by atoms with Crippen molar-refractivity contribution in [1.29, 1.82) is 0 Å². The number of thiazole rings is 1. The van der Waals surface area contributed by atoms with E-state index >= 15 is 0 Å². The molecule has 1 atom stereocenters. The van der Waals surface area contributed by atoms with Gasteiger partial charge in [0, 0.05) is 10.9 Å². The lowest BCUT2D eigenvalue weighted by molar-refractivity contribution is -0.136. The van der Waals surface area contributed by atoms with Gasteiger partial charge in [0.2, 0.25) is 5.91 Å². The van der Waals surface area contributed by atoms with Gasteiger partial charge in [-0.1, -0.05) is 12.8 Å². The first-order chi connectivity index (χ1) is 14.4. The molecule has 1 aliphatic carbocycles. The van der Waals surface area contributed by atoms with Crippen LogP contribution in [-0.4, -0.2) is 45.9 Å². The average Bonchev–Trinajstić information content (AvgIpc) is 3.44. The summed E-state index contributed by atoms with van der Waals surface area (Å²) >= 11 is 1.29. The van der Waals surface area contributed by atoms with Crippen molar-refractivity contribution < 1.29 is 19.1 Å². The molecular weight excluding hydrogens is 404 g/mol. The lowest BCUT2D eigenvalue weighted by atomic mass is 9.97. The van der Waals surface area contributed by atoms with E-state index in [0.29, 0.717) is 24.6 Å². The van der Waals surface area contributed by atoms with Crippen molar-refractivity contribution in [3.8, 4) is 17.0 Å². The molecule has 1 unspecified atom stereocenters. The van der Waals surface area contributed by atoms with E-state index in [-0.39, 0.29) is 5.91 Å². The molecule has 1 spiro atoms. The number of nitrogens with one attached hydrogen (secondary N) is 2. The van der Waals surface area contributed by atoms with Gasteiger partial charge in [-0.15, -0.1) is 11.3 Å². The summed E-state index contributed by atoms with van der Waals surface area (Å²) in [6, 6.07) is 6.13. The van der Waals surface area contributed by atoms with E-state index in [1.807, 2.05) is 36.6 Å². The number of benzene rings is 1. The molecule has 9 heteroatoms. The second-order valence-electron chi connectivity index (χ2n) is 7.56. The van der Waals surface area contributed by atoms with Crippen molar-refractivity contribution in [3.63, 3.8) is 0 Å². The van der Waals surface area contributed by atoms with E-state index in [4.69, 9.17) is 4.74 Å². The minimum Gasteiger partial charge on any atom is -0.494 e. The molecule has 2 aromatic rings. The van der Waals surface area contributed by atoms with Crippen LogP contribution in [0.25, 0.3) is 11.3 Å². The summed E-state index contributed by atoms with van der Waals surface area (Å²) in [6.45, 7) is 4.09. The van der Waals surface area contributed by atoms with Crippen molar-refractivity contribution in [2.75, 3.05) is 11.9 Å². The molecular formula is C21H24N4O4S. The van der Waals surface area contributed by atoms with Gasteiger partial charge in [-0.2, -0.15) is 0 Å². The lowest BCUT2D eigenvalue weighted by Gasteiger charge is -2.23. The first-order valence-electron chi connectivity index (χ1n) is 10.1. The molecule has 1 saturated heterocycles. The standard InChI is InChI=1S/C21H24N4O4S/c1-3-29-15-8-6-14(7-9-15)16-12-30-19(22-16)23-17(26)13(2)25-18(27)21(24-20(25)28)10-4-5-11-21/h6-9,12-13H,3-5,10-11H2,1-2H3,(H,24,28)(H,22,23,26). The minimum absolute atomic E-state index is 0.304. The Bertz CT molecular complexity index is 966. The lowest BCUT2D eigenvalue weighted by Crippen LogP contribution is -2.48. The highest BCUT2D eigenvalue weighted by Crippen LogP contribution is 2.36. The van der Waals surface area contributed by atoms with Gasteiger partial charge in [0.1, 0.15) is 17.3 Å². The molecule has 1 saturated carbocycles. The number of anilines is 1. The predicted octanol–water partition coefficient (Wildman–Crippen LogP) is 3.40. The number of carbonyl (C=O) groups excluding carboxylic acids is 3. The quantitative estimate of drug-likeness (QED) is 0.687. The molecule has 0 radical (unpaired) electrons. The van der Waals surface area contributed by atoms with Crippen LogP contribution < -0.4 is 15.4 Å². The molecule has 1 aromatic carbocycles. The summed E-state index contributed by atoms with van der Waals surface area (Å²) in [7, 11) is 0. The van der Waals surface area contributed by atoms with E-state index in [1.165, 1.54) is 11.3 Å². The highest BCUT2D eigenvalue weighted by molar-refractivity contribution is 7.14. The van der Waals surface area contributed by atoms with E-state index in [2.05, 4.69) is 15.6 Å². The maximum atomic E-state index is 12.8. The summed E-state index contributed by atoms with van der Waals surface area (Å²) in [5.74, 6) is 0.0374. The molecule has 1 aliphatic heterocycles. The van der Waals surface area contributed by atoms with Crippen LogP contribution in [0, 0.1) is 0 Å². The topological polar surface area (TPSA) is 101 Å². The summed E-state index contributed by atoms with van der Waals surface area (Å²) in [6.07, 6.45) is 3.04. The first-order valence-corrected chi connectivity index (χ1v) is 11.0. The third-order valence-electron chi connectivity index (χ3n) is 5.61. The number of amides is 4. The minimum atomic E-state index is -0.921. The largest absolute Gasteiger partial charge is 0.494 e. The van der Waals surface area contributed by atoms with Crippen LogP contribution >= 0.6 is 11.3 Å². The van der Waals surface area contributed by atoms with Crippen molar-refractivity contribution in [2.45, 2.75) is 51.1 Å². The van der Waals surface area contributed by atoms with Gasteiger partial charge in [-0.25, -0.2) is 14.7 Å². The van der Waals surface area contributed by atoms with Gasteiger partial charge < -0.3 is 15.4 Å². The monoisotopic (exact) mass is 428 g/mol. The van der Waals surface area contributed by atoms with E-state index in [1.54, 1.807) is 6.92 Å². The fraction of sp³-hybridized carbons (Fsp3) is 0.429. The zero-order valence-corrected chi connectivity index (χ0v) is 17.8. The van der Waals surface area contributed by atoms with Crippen molar-refractivity contribution in [1.82, 2.24) is 15.2 Å². The predicted molar refractivity (Wildman–Crippen MR) is 113 cm³/mol. The molecule has 2 N–H and O–H groups in total. The number of urea groups is 1. The third-order valence-corrected chi connectivity index (χ3v) is 6.37. The summed E-state index contributed by atoms with van der Waals surface area (Å²) in [5, 5.41) is 7.79. The summed E-state index contributed by atoms with van der Waals surface area (Å²) in [5.41, 5.74) is 0.805. The van der Waals surface area contributed by atoms with Crippen LogP contribution in [0.3, 0.4) is 0 Å². The number of imide groups is 1. The Kier molecular flexibility index (Phi) is 5.46. The van der Waals surface area contributed by atoms with Gasteiger partial charge in [0.15, 0.2) is 5.13 Å². The molecule has 2 heterocycles. The maximum absolute atomic E-state index is 12.8. The van der Waals surface area contributed by atoms with Crippen LogP contribution in [0.15, 0.2) is 29.6 Å². The first kappa shape index (κ1) is 20.3. The van der Waals surface area contributed by atoms with Crippen LogP contribution in [0.2, 0.25) is 0 Å². The molecule has 30 heavy (non-hydrogen) atoms. The van der Waals surface area contributed by atoms with Crippen molar-refractivity contribution in [2.24, 2.45) is 0 Å². The highest BCUT2D eigenvalue weighted by atomic mass is 32.1. The molecule has 158 valence electrons. The molecule has 4 amide bonds. The van der Waals surface area contributed by atoms with Crippen molar-refractivity contribution >= 4 is 34.3 Å². The Labute approximate surface area is 178 Å². The smallest absolute Gasteiger partial charge is 0.325 e. The number of hydrogen-bond acceptors (Lipinski definition) is 6. The second kappa shape index (κ2) is 8.06. The van der Waals surface area contributed by atoms with E-state index < -0.39 is 23.5 Å². The number of carbonyl (C=O) groups is 3. The average molecular weight is 429 g/mol. The number of rotatable bonds is 6. The zero-order valence-electron chi connectivity index (χ0n) is 16.9. The Morgan fingerprint density at radius 2 is 2.00 bits per heavy atom. The normalized spacial score (nSPS) is 18.5. The molecule has 8 nitrogen and oxygen atoms in total. The summed E-state index contributed by atoms with van der Waals surface area (Å²) < 4.78 is 5.44. The molecule has 2 fully saturated rings. The summed E-state index contributed by atoms with van der Waals surface area (Å²) in [4.78, 5) is 43.5. The zero-order chi connectivity index (χ0) is 21.3. The SMILES string of the molecule is CCOc1ccc(-c2csc(NC(=O)C(C)N3C(=O)NC4(CCCC4)C3=O)n2)cc1. The van der Waals surface area contributed by atoms with Crippen LogP contribution in [0.4, 0.5) is 9.93 Å². The third kappa shape index (κ3) is 3.65. The number of aromatic nitrogens is 1. The Morgan fingerprint density at radius 3 is 2.67 bits per heavy atom. The second-order valence-corrected chi connectivity index (χ2v) is 8.41. The molecule has 4 rings (SSSR count). The number of nitrogens with zero attached hydrogens (tertiary/aromatic N) is 2. The van der Waals surface area contributed by atoms with E-state index in [9.17, 15) is 14.4 Å². The molecule has 1 aromatic heterocycles. The fourth-order valence-electron chi connectivity index (χ4n) is 3.99. The van der Waals surface area contributed by atoms with Gasteiger partial charge >= 0.3 is 6.03 Å². The van der Waals surface area contributed by atoms with Gasteiger partial charge in [0.05, 0.1) is 12.3 Å². The van der Waals surface area contributed by atoms with Gasteiger partial charge in [-0.3, -0.25) is 9.59 Å². The number of ether oxygens (including phenoxy) is 1. The highest BCUT2D eigenvalue weighted by Gasteiger charge is 2.54. The van der Waals surface area contributed by atoms with Gasteiger partial charge in [0.25, 0.3) is 5.91 Å². The van der Waals surface area contributed by atoms with Crippen LogP contribution in [0.5, 0.6) is 5.75 Å².